The van der Waals surface area contributed by atoms with Gasteiger partial charge in [0.25, 0.3) is 0 Å². The number of rotatable bonds is 5. The van der Waals surface area contributed by atoms with E-state index in [0.717, 1.165) is 0 Å². The Morgan fingerprint density at radius 1 is 1.08 bits per heavy atom. The average molecular weight is 336 g/mol. The van der Waals surface area contributed by atoms with Crippen LogP contribution in [0.4, 0.5) is 10.5 Å². The predicted octanol–water partition coefficient (Wildman–Crippen LogP) is 3.62. The van der Waals surface area contributed by atoms with Crippen LogP contribution in [0.15, 0.2) is 17.1 Å². The van der Waals surface area contributed by atoms with Crippen molar-refractivity contribution in [3.8, 4) is 11.5 Å². The van der Waals surface area contributed by atoms with E-state index in [1.165, 1.54) is 14.2 Å². The minimum atomic E-state index is -0.925. The van der Waals surface area contributed by atoms with Crippen molar-refractivity contribution in [2.75, 3.05) is 19.5 Å². The molecular formula is C17H24N2O5. The highest BCUT2D eigenvalue weighted by Crippen LogP contribution is 2.39. The van der Waals surface area contributed by atoms with Crippen LogP contribution in [0, 0.1) is 0 Å². The van der Waals surface area contributed by atoms with Crippen molar-refractivity contribution in [2.45, 2.75) is 45.8 Å². The molecule has 1 rings (SSSR count). The third-order valence-electron chi connectivity index (χ3n) is 3.14. The van der Waals surface area contributed by atoms with Gasteiger partial charge in [0.1, 0.15) is 5.60 Å². The largest absolute Gasteiger partial charge is 0.493 e. The zero-order valence-electron chi connectivity index (χ0n) is 15.1. The molecule has 0 spiro atoms. The maximum atomic E-state index is 12.1. The normalized spacial score (nSPS) is 11.3. The van der Waals surface area contributed by atoms with Crippen molar-refractivity contribution in [2.24, 2.45) is 4.99 Å². The monoisotopic (exact) mass is 336 g/mol. The fourth-order valence-corrected chi connectivity index (χ4v) is 2.08. The first kappa shape index (κ1) is 19.5. The van der Waals surface area contributed by atoms with Gasteiger partial charge < -0.3 is 14.2 Å². The van der Waals surface area contributed by atoms with Crippen LogP contribution in [0.5, 0.6) is 11.5 Å². The van der Waals surface area contributed by atoms with E-state index in [1.54, 1.807) is 52.8 Å². The SMILES string of the molecule is COc1cc(NC(=O)OC(C)(C)C)c(C(C)(C)N=C=O)cc1OC. The Balaban J connectivity index is 3.39. The Morgan fingerprint density at radius 3 is 2.08 bits per heavy atom. The molecule has 0 aliphatic heterocycles. The van der Waals surface area contributed by atoms with Crippen molar-refractivity contribution in [3.63, 3.8) is 0 Å². The molecule has 7 nitrogen and oxygen atoms in total. The Bertz CT molecular complexity index is 656. The second kappa shape index (κ2) is 7.36. The number of aliphatic imine (C=N–C) groups is 1. The minimum absolute atomic E-state index is 0.408. The molecule has 24 heavy (non-hydrogen) atoms. The van der Waals surface area contributed by atoms with Gasteiger partial charge in [0.15, 0.2) is 11.5 Å². The van der Waals surface area contributed by atoms with Crippen LogP contribution in [0.2, 0.25) is 0 Å². The minimum Gasteiger partial charge on any atom is -0.493 e. The molecule has 1 aromatic rings. The average Bonchev–Trinajstić information content (AvgIpc) is 2.44. The Hall–Kier alpha value is -2.53. The zero-order chi connectivity index (χ0) is 18.5. The van der Waals surface area contributed by atoms with Gasteiger partial charge >= 0.3 is 6.09 Å². The first-order valence-corrected chi connectivity index (χ1v) is 7.39. The number of hydrogen-bond donors (Lipinski definition) is 1. The Labute approximate surface area is 142 Å². The summed E-state index contributed by atoms with van der Waals surface area (Å²) in [5.41, 5.74) is -0.594. The van der Waals surface area contributed by atoms with Crippen LogP contribution in [-0.2, 0) is 15.1 Å². The van der Waals surface area contributed by atoms with Crippen LogP contribution in [0.25, 0.3) is 0 Å². The summed E-state index contributed by atoms with van der Waals surface area (Å²) in [5.74, 6) is 0.884. The number of carbonyl (C=O) groups is 1. The number of amides is 1. The lowest BCUT2D eigenvalue weighted by Gasteiger charge is -2.25. The number of benzene rings is 1. The lowest BCUT2D eigenvalue weighted by atomic mass is 9.92. The molecule has 1 amide bonds. The van der Waals surface area contributed by atoms with Gasteiger partial charge in [-0.05, 0) is 40.7 Å². The Kier molecular flexibility index (Phi) is 5.99. The third-order valence-corrected chi connectivity index (χ3v) is 3.14. The molecule has 0 aliphatic carbocycles. The topological polar surface area (TPSA) is 86.2 Å². The van der Waals surface area contributed by atoms with Gasteiger partial charge in [0, 0.05) is 11.6 Å². The molecule has 1 aromatic carbocycles. The van der Waals surface area contributed by atoms with Crippen LogP contribution in [0.3, 0.4) is 0 Å². The van der Waals surface area contributed by atoms with E-state index in [1.807, 2.05) is 0 Å². The van der Waals surface area contributed by atoms with Crippen LogP contribution in [-0.4, -0.2) is 32.0 Å². The van der Waals surface area contributed by atoms with E-state index in [2.05, 4.69) is 10.3 Å². The highest BCUT2D eigenvalue weighted by Gasteiger charge is 2.27. The van der Waals surface area contributed by atoms with E-state index in [9.17, 15) is 9.59 Å². The highest BCUT2D eigenvalue weighted by atomic mass is 16.6. The third kappa shape index (κ3) is 4.99. The van der Waals surface area contributed by atoms with Gasteiger partial charge in [-0.15, -0.1) is 0 Å². The molecule has 0 radical (unpaired) electrons. The molecule has 0 atom stereocenters. The van der Waals surface area contributed by atoms with Crippen LogP contribution >= 0.6 is 0 Å². The van der Waals surface area contributed by atoms with Crippen LogP contribution < -0.4 is 14.8 Å². The van der Waals surface area contributed by atoms with Crippen molar-refractivity contribution in [1.82, 2.24) is 0 Å². The van der Waals surface area contributed by atoms with Crippen molar-refractivity contribution in [1.29, 1.82) is 0 Å². The summed E-state index contributed by atoms with van der Waals surface area (Å²) in [6.45, 7) is 8.74. The molecule has 0 unspecified atom stereocenters. The summed E-state index contributed by atoms with van der Waals surface area (Å²) in [7, 11) is 2.99. The highest BCUT2D eigenvalue weighted by molar-refractivity contribution is 5.87. The van der Waals surface area contributed by atoms with E-state index in [0.29, 0.717) is 22.7 Å². The maximum Gasteiger partial charge on any atom is 0.412 e. The molecule has 0 aliphatic rings. The van der Waals surface area contributed by atoms with Gasteiger partial charge in [-0.1, -0.05) is 0 Å². The first-order chi connectivity index (χ1) is 11.0. The second-order valence-corrected chi connectivity index (χ2v) is 6.64. The number of methoxy groups -OCH3 is 2. The fourth-order valence-electron chi connectivity index (χ4n) is 2.08. The molecule has 0 fully saturated rings. The second-order valence-electron chi connectivity index (χ2n) is 6.64. The number of anilines is 1. The number of carbonyl (C=O) groups excluding carboxylic acids is 2. The Morgan fingerprint density at radius 2 is 1.62 bits per heavy atom. The zero-order valence-corrected chi connectivity index (χ0v) is 15.1. The predicted molar refractivity (Wildman–Crippen MR) is 90.6 cm³/mol. The molecule has 0 bridgehead atoms. The quantitative estimate of drug-likeness (QED) is 0.655. The summed E-state index contributed by atoms with van der Waals surface area (Å²) in [4.78, 5) is 26.6. The van der Waals surface area contributed by atoms with Gasteiger partial charge in [0.2, 0.25) is 6.08 Å². The standard InChI is InChI=1S/C17H24N2O5/c1-16(2,3)24-15(21)19-12-9-14(23-7)13(22-6)8-11(12)17(4,5)18-10-20/h8-9H,1-7H3,(H,19,21). The molecule has 0 aromatic heterocycles. The smallest absolute Gasteiger partial charge is 0.412 e. The summed E-state index contributed by atoms with van der Waals surface area (Å²) in [5, 5.41) is 2.67. The summed E-state index contributed by atoms with van der Waals surface area (Å²) < 4.78 is 15.8. The van der Waals surface area contributed by atoms with E-state index in [4.69, 9.17) is 14.2 Å². The molecule has 0 saturated heterocycles. The van der Waals surface area contributed by atoms with Gasteiger partial charge in [0.05, 0.1) is 25.4 Å². The van der Waals surface area contributed by atoms with Crippen molar-refractivity contribution in [3.05, 3.63) is 17.7 Å². The van der Waals surface area contributed by atoms with E-state index in [-0.39, 0.29) is 0 Å². The van der Waals surface area contributed by atoms with E-state index < -0.39 is 17.2 Å². The van der Waals surface area contributed by atoms with Gasteiger partial charge in [-0.2, -0.15) is 4.99 Å². The molecule has 1 N–H and O–H groups in total. The lowest BCUT2D eigenvalue weighted by Crippen LogP contribution is -2.28. The lowest BCUT2D eigenvalue weighted by molar-refractivity contribution is 0.0635. The molecular weight excluding hydrogens is 312 g/mol. The van der Waals surface area contributed by atoms with Gasteiger partial charge in [-0.25, -0.2) is 9.59 Å². The summed E-state index contributed by atoms with van der Waals surface area (Å²) >= 11 is 0. The first-order valence-electron chi connectivity index (χ1n) is 7.39. The molecule has 0 saturated carbocycles. The van der Waals surface area contributed by atoms with Crippen LogP contribution in [0.1, 0.15) is 40.2 Å². The summed E-state index contributed by atoms with van der Waals surface area (Å²) in [6.07, 6.45) is 0.927. The van der Waals surface area contributed by atoms with Crippen molar-refractivity contribution < 1.29 is 23.8 Å². The van der Waals surface area contributed by atoms with E-state index >= 15 is 0 Å². The molecule has 0 heterocycles. The van der Waals surface area contributed by atoms with Gasteiger partial charge in [-0.3, -0.25) is 5.32 Å². The number of isocyanates is 1. The molecule has 132 valence electrons. The van der Waals surface area contributed by atoms with Crippen molar-refractivity contribution >= 4 is 17.9 Å². The summed E-state index contributed by atoms with van der Waals surface area (Å²) in [6, 6.07) is 3.26. The number of nitrogens with zero attached hydrogens (tertiary/aromatic N) is 1. The number of hydrogen-bond acceptors (Lipinski definition) is 6. The molecule has 7 heteroatoms. The number of nitrogens with one attached hydrogen (secondary N) is 1. The maximum absolute atomic E-state index is 12.1. The fraction of sp³-hybridized carbons (Fsp3) is 0.529. The number of ether oxygens (including phenoxy) is 3.